The fourth-order valence-corrected chi connectivity index (χ4v) is 1.81. The molecule has 1 fully saturated rings. The highest BCUT2D eigenvalue weighted by Crippen LogP contribution is 2.23. The number of hydrogen-bond donors (Lipinski definition) is 1. The van der Waals surface area contributed by atoms with Crippen LogP contribution in [0.3, 0.4) is 0 Å². The quantitative estimate of drug-likeness (QED) is 0.906. The molecular formula is C10H12BrClFNO. The number of halogens is 3. The predicted molar refractivity (Wildman–Crippen MR) is 63.3 cm³/mol. The molecule has 1 aliphatic heterocycles. The van der Waals surface area contributed by atoms with Crippen LogP contribution < -0.4 is 10.1 Å². The minimum Gasteiger partial charge on any atom is -0.486 e. The van der Waals surface area contributed by atoms with Crippen LogP contribution in [0.1, 0.15) is 6.42 Å². The van der Waals surface area contributed by atoms with Crippen molar-refractivity contribution in [3.05, 3.63) is 28.5 Å². The van der Waals surface area contributed by atoms with Crippen molar-refractivity contribution in [3.8, 4) is 5.75 Å². The third-order valence-corrected chi connectivity index (χ3v) is 2.70. The maximum Gasteiger partial charge on any atom is 0.166 e. The van der Waals surface area contributed by atoms with Crippen molar-refractivity contribution < 1.29 is 9.13 Å². The van der Waals surface area contributed by atoms with E-state index in [1.807, 2.05) is 0 Å². The fourth-order valence-electron chi connectivity index (χ4n) is 1.48. The molecule has 0 aromatic heterocycles. The summed E-state index contributed by atoms with van der Waals surface area (Å²) >= 11 is 3.20. The van der Waals surface area contributed by atoms with E-state index in [9.17, 15) is 4.39 Å². The Balaban J connectivity index is 0.00000112. The van der Waals surface area contributed by atoms with E-state index < -0.39 is 0 Å². The van der Waals surface area contributed by atoms with Gasteiger partial charge in [0.15, 0.2) is 11.6 Å². The van der Waals surface area contributed by atoms with Gasteiger partial charge in [-0.3, -0.25) is 0 Å². The Morgan fingerprint density at radius 2 is 2.27 bits per heavy atom. The van der Waals surface area contributed by atoms with Gasteiger partial charge in [0.2, 0.25) is 0 Å². The van der Waals surface area contributed by atoms with Gasteiger partial charge in [-0.2, -0.15) is 0 Å². The van der Waals surface area contributed by atoms with E-state index in [0.717, 1.165) is 24.0 Å². The summed E-state index contributed by atoms with van der Waals surface area (Å²) in [4.78, 5) is 0. The normalized spacial score (nSPS) is 19.7. The van der Waals surface area contributed by atoms with Crippen molar-refractivity contribution in [1.29, 1.82) is 0 Å². The fraction of sp³-hybridized carbons (Fsp3) is 0.400. The topological polar surface area (TPSA) is 21.3 Å². The van der Waals surface area contributed by atoms with E-state index in [2.05, 4.69) is 21.2 Å². The number of benzene rings is 1. The Kier molecular flexibility index (Phi) is 4.83. The van der Waals surface area contributed by atoms with E-state index in [1.165, 1.54) is 6.07 Å². The average molecular weight is 297 g/mol. The summed E-state index contributed by atoms with van der Waals surface area (Å²) in [6, 6.07) is 4.84. The van der Waals surface area contributed by atoms with E-state index in [-0.39, 0.29) is 24.3 Å². The van der Waals surface area contributed by atoms with Crippen molar-refractivity contribution in [2.24, 2.45) is 0 Å². The van der Waals surface area contributed by atoms with Crippen molar-refractivity contribution in [3.63, 3.8) is 0 Å². The van der Waals surface area contributed by atoms with Crippen LogP contribution in [0.25, 0.3) is 0 Å². The van der Waals surface area contributed by atoms with Gasteiger partial charge in [-0.1, -0.05) is 15.9 Å². The molecule has 2 nitrogen and oxygen atoms in total. The lowest BCUT2D eigenvalue weighted by molar-refractivity contribution is 0.213. The Bertz CT molecular complexity index is 331. The zero-order chi connectivity index (χ0) is 9.97. The molecule has 0 bridgehead atoms. The number of rotatable bonds is 2. The van der Waals surface area contributed by atoms with E-state index in [0.29, 0.717) is 5.75 Å². The Morgan fingerprint density at radius 3 is 2.87 bits per heavy atom. The minimum atomic E-state index is -0.314. The van der Waals surface area contributed by atoms with Crippen LogP contribution in [0.5, 0.6) is 5.75 Å². The Hall–Kier alpha value is -0.320. The molecular weight excluding hydrogens is 284 g/mol. The second-order valence-electron chi connectivity index (χ2n) is 3.31. The third-order valence-electron chi connectivity index (χ3n) is 2.20. The average Bonchev–Trinajstić information content (AvgIpc) is 2.62. The van der Waals surface area contributed by atoms with Crippen LogP contribution in [0.4, 0.5) is 4.39 Å². The van der Waals surface area contributed by atoms with Crippen LogP contribution in [-0.4, -0.2) is 19.2 Å². The zero-order valence-corrected chi connectivity index (χ0v) is 10.4. The molecule has 1 saturated heterocycles. The third kappa shape index (κ3) is 3.33. The molecule has 1 aliphatic rings. The SMILES string of the molecule is Cl.Fc1cc(Br)ccc1O[C@@H]1CCNC1. The number of ether oxygens (including phenoxy) is 1. The second kappa shape index (κ2) is 5.68. The highest BCUT2D eigenvalue weighted by Gasteiger charge is 2.17. The highest BCUT2D eigenvalue weighted by molar-refractivity contribution is 9.10. The van der Waals surface area contributed by atoms with Gasteiger partial charge in [0.05, 0.1) is 0 Å². The maximum atomic E-state index is 13.3. The van der Waals surface area contributed by atoms with E-state index in [1.54, 1.807) is 12.1 Å². The molecule has 0 spiro atoms. The van der Waals surface area contributed by atoms with Gasteiger partial charge >= 0.3 is 0 Å². The summed E-state index contributed by atoms with van der Waals surface area (Å²) in [5, 5.41) is 3.17. The smallest absolute Gasteiger partial charge is 0.166 e. The van der Waals surface area contributed by atoms with Gasteiger partial charge in [0, 0.05) is 11.0 Å². The van der Waals surface area contributed by atoms with Crippen molar-refractivity contribution in [2.75, 3.05) is 13.1 Å². The first kappa shape index (κ1) is 12.7. The minimum absolute atomic E-state index is 0. The standard InChI is InChI=1S/C10H11BrFNO.ClH/c11-7-1-2-10(9(12)5-7)14-8-3-4-13-6-8;/h1-2,5,8,13H,3-4,6H2;1H/t8-;/m1./s1. The molecule has 1 heterocycles. The molecule has 0 amide bonds. The van der Waals surface area contributed by atoms with Crippen LogP contribution >= 0.6 is 28.3 Å². The molecule has 0 saturated carbocycles. The van der Waals surface area contributed by atoms with Crippen LogP contribution in [0, 0.1) is 5.82 Å². The Labute approximate surface area is 103 Å². The van der Waals surface area contributed by atoms with Crippen LogP contribution in [-0.2, 0) is 0 Å². The molecule has 2 rings (SSSR count). The number of hydrogen-bond acceptors (Lipinski definition) is 2. The first-order valence-corrected chi connectivity index (χ1v) is 5.37. The first-order valence-electron chi connectivity index (χ1n) is 4.58. The van der Waals surface area contributed by atoms with Gasteiger partial charge in [0.25, 0.3) is 0 Å². The summed E-state index contributed by atoms with van der Waals surface area (Å²) in [5.41, 5.74) is 0. The lowest BCUT2D eigenvalue weighted by Gasteiger charge is -2.12. The monoisotopic (exact) mass is 295 g/mol. The molecule has 5 heteroatoms. The molecule has 0 radical (unpaired) electrons. The van der Waals surface area contributed by atoms with Crippen molar-refractivity contribution >= 4 is 28.3 Å². The van der Waals surface area contributed by atoms with Gasteiger partial charge in [-0.15, -0.1) is 12.4 Å². The highest BCUT2D eigenvalue weighted by atomic mass is 79.9. The second-order valence-corrected chi connectivity index (χ2v) is 4.22. The van der Waals surface area contributed by atoms with Gasteiger partial charge in [-0.25, -0.2) is 4.39 Å². The van der Waals surface area contributed by atoms with Crippen LogP contribution in [0.2, 0.25) is 0 Å². The summed E-state index contributed by atoms with van der Waals surface area (Å²) < 4.78 is 19.6. The van der Waals surface area contributed by atoms with Crippen LogP contribution in [0.15, 0.2) is 22.7 Å². The van der Waals surface area contributed by atoms with E-state index in [4.69, 9.17) is 4.74 Å². The molecule has 1 aromatic rings. The van der Waals surface area contributed by atoms with Gasteiger partial charge < -0.3 is 10.1 Å². The molecule has 1 aromatic carbocycles. The lowest BCUT2D eigenvalue weighted by Crippen LogP contribution is -2.20. The summed E-state index contributed by atoms with van der Waals surface area (Å²) in [6.07, 6.45) is 1.04. The molecule has 84 valence electrons. The predicted octanol–water partition coefficient (Wildman–Crippen LogP) is 2.75. The van der Waals surface area contributed by atoms with Gasteiger partial charge in [0.1, 0.15) is 6.10 Å². The first-order chi connectivity index (χ1) is 6.75. The zero-order valence-electron chi connectivity index (χ0n) is 8.00. The summed E-state index contributed by atoms with van der Waals surface area (Å²) in [5.74, 6) is 0.0215. The van der Waals surface area contributed by atoms with Crippen molar-refractivity contribution in [1.82, 2.24) is 5.32 Å². The van der Waals surface area contributed by atoms with E-state index >= 15 is 0 Å². The largest absolute Gasteiger partial charge is 0.486 e. The summed E-state index contributed by atoms with van der Waals surface area (Å²) in [6.45, 7) is 1.75. The maximum absolute atomic E-state index is 13.3. The van der Waals surface area contributed by atoms with Gasteiger partial charge in [-0.05, 0) is 31.2 Å². The number of nitrogens with one attached hydrogen (secondary N) is 1. The molecule has 0 unspecified atom stereocenters. The van der Waals surface area contributed by atoms with Crippen molar-refractivity contribution in [2.45, 2.75) is 12.5 Å². The Morgan fingerprint density at radius 1 is 1.47 bits per heavy atom. The summed E-state index contributed by atoms with van der Waals surface area (Å²) in [7, 11) is 0. The molecule has 15 heavy (non-hydrogen) atoms. The molecule has 1 atom stereocenters. The molecule has 0 aliphatic carbocycles. The lowest BCUT2D eigenvalue weighted by atomic mass is 10.3. The molecule has 1 N–H and O–H groups in total.